The van der Waals surface area contributed by atoms with Crippen LogP contribution in [0.15, 0.2) is 24.3 Å². The van der Waals surface area contributed by atoms with E-state index in [-0.39, 0.29) is 5.75 Å². The summed E-state index contributed by atoms with van der Waals surface area (Å²) in [6.45, 7) is 1.77. The van der Waals surface area contributed by atoms with Gasteiger partial charge in [0.05, 0.1) is 0 Å². The van der Waals surface area contributed by atoms with Gasteiger partial charge in [0.15, 0.2) is 0 Å². The molecule has 0 aromatic heterocycles. The molecule has 1 aliphatic carbocycles. The molecule has 106 valence electrons. The summed E-state index contributed by atoms with van der Waals surface area (Å²) >= 11 is 0. The minimum Gasteiger partial charge on any atom is -0.435 e. The first-order chi connectivity index (χ1) is 9.04. The van der Waals surface area contributed by atoms with Gasteiger partial charge in [0.25, 0.3) is 0 Å². The molecule has 3 unspecified atom stereocenters. The molecule has 4 heteroatoms. The Morgan fingerprint density at radius 3 is 2.47 bits per heavy atom. The Hall–Kier alpha value is -1.32. The lowest BCUT2D eigenvalue weighted by molar-refractivity contribution is -0.0498. The largest absolute Gasteiger partial charge is 0.435 e. The van der Waals surface area contributed by atoms with Crippen LogP contribution in [0, 0.1) is 11.8 Å². The van der Waals surface area contributed by atoms with Gasteiger partial charge in [0.2, 0.25) is 0 Å². The number of anilines is 1. The second-order valence-corrected chi connectivity index (χ2v) is 5.55. The number of nitrogens with one attached hydrogen (secondary N) is 1. The van der Waals surface area contributed by atoms with Crippen LogP contribution in [0.25, 0.3) is 0 Å². The molecule has 0 heterocycles. The van der Waals surface area contributed by atoms with E-state index in [1.165, 1.54) is 12.8 Å². The molecule has 2 rings (SSSR count). The maximum Gasteiger partial charge on any atom is 0.387 e. The summed E-state index contributed by atoms with van der Waals surface area (Å²) in [5.74, 6) is 1.59. The Kier molecular flexibility index (Phi) is 4.61. The van der Waals surface area contributed by atoms with Crippen LogP contribution in [0.1, 0.15) is 33.1 Å². The molecule has 0 amide bonds. The number of ether oxygens (including phenoxy) is 1. The smallest absolute Gasteiger partial charge is 0.387 e. The van der Waals surface area contributed by atoms with E-state index in [4.69, 9.17) is 0 Å². The average Bonchev–Trinajstić information content (AvgIpc) is 2.35. The van der Waals surface area contributed by atoms with Crippen molar-refractivity contribution in [3.8, 4) is 5.75 Å². The van der Waals surface area contributed by atoms with Crippen LogP contribution < -0.4 is 10.1 Å². The molecule has 1 fully saturated rings. The van der Waals surface area contributed by atoms with Crippen molar-refractivity contribution in [3.05, 3.63) is 24.3 Å². The molecule has 0 aliphatic heterocycles. The zero-order valence-electron chi connectivity index (χ0n) is 11.4. The summed E-state index contributed by atoms with van der Waals surface area (Å²) in [6.07, 6.45) is 3.70. The third kappa shape index (κ3) is 4.08. The van der Waals surface area contributed by atoms with Crippen molar-refractivity contribution in [2.24, 2.45) is 11.8 Å². The zero-order chi connectivity index (χ0) is 13.8. The van der Waals surface area contributed by atoms with Crippen molar-refractivity contribution < 1.29 is 13.5 Å². The molecule has 3 atom stereocenters. The van der Waals surface area contributed by atoms with Gasteiger partial charge in [-0.1, -0.05) is 20.3 Å². The summed E-state index contributed by atoms with van der Waals surface area (Å²) in [5.41, 5.74) is 0.965. The SMILES string of the molecule is CC1CCC(C)C(Nc2ccc(OC(F)F)cc2)C1. The lowest BCUT2D eigenvalue weighted by Crippen LogP contribution is -2.33. The molecule has 0 saturated heterocycles. The van der Waals surface area contributed by atoms with E-state index >= 15 is 0 Å². The molecule has 1 aromatic rings. The van der Waals surface area contributed by atoms with Gasteiger partial charge in [0, 0.05) is 11.7 Å². The monoisotopic (exact) mass is 269 g/mol. The number of halogens is 2. The summed E-state index contributed by atoms with van der Waals surface area (Å²) in [7, 11) is 0. The molecule has 1 aliphatic rings. The average molecular weight is 269 g/mol. The minimum absolute atomic E-state index is 0.200. The molecule has 1 N–H and O–H groups in total. The maximum atomic E-state index is 12.1. The predicted octanol–water partition coefficient (Wildman–Crippen LogP) is 4.52. The van der Waals surface area contributed by atoms with E-state index in [0.717, 1.165) is 18.0 Å². The highest BCUT2D eigenvalue weighted by Crippen LogP contribution is 2.31. The molecule has 1 saturated carbocycles. The molecule has 1 aromatic carbocycles. The maximum absolute atomic E-state index is 12.1. The van der Waals surface area contributed by atoms with E-state index in [2.05, 4.69) is 23.9 Å². The molecule has 0 radical (unpaired) electrons. The van der Waals surface area contributed by atoms with E-state index in [0.29, 0.717) is 12.0 Å². The van der Waals surface area contributed by atoms with Crippen LogP contribution in [0.5, 0.6) is 5.75 Å². The summed E-state index contributed by atoms with van der Waals surface area (Å²) in [6, 6.07) is 7.20. The first-order valence-electron chi connectivity index (χ1n) is 6.86. The third-order valence-electron chi connectivity index (χ3n) is 3.89. The Bertz CT molecular complexity index is 394. The highest BCUT2D eigenvalue weighted by molar-refractivity contribution is 5.47. The summed E-state index contributed by atoms with van der Waals surface area (Å²) in [4.78, 5) is 0. The van der Waals surface area contributed by atoms with Gasteiger partial charge in [-0.05, 0) is 48.9 Å². The summed E-state index contributed by atoms with van der Waals surface area (Å²) in [5, 5.41) is 3.50. The van der Waals surface area contributed by atoms with E-state index in [1.807, 2.05) is 0 Å². The fourth-order valence-electron chi connectivity index (χ4n) is 2.68. The fraction of sp³-hybridized carbons (Fsp3) is 0.600. The highest BCUT2D eigenvalue weighted by atomic mass is 19.3. The first-order valence-corrected chi connectivity index (χ1v) is 6.86. The minimum atomic E-state index is -2.77. The van der Waals surface area contributed by atoms with Crippen molar-refractivity contribution in [1.29, 1.82) is 0 Å². The topological polar surface area (TPSA) is 21.3 Å². The number of alkyl halides is 2. The number of hydrogen-bond donors (Lipinski definition) is 1. The highest BCUT2D eigenvalue weighted by Gasteiger charge is 2.25. The van der Waals surface area contributed by atoms with Crippen LogP contribution in [-0.4, -0.2) is 12.7 Å². The molecular formula is C15H21F2NO. The molecule has 2 nitrogen and oxygen atoms in total. The van der Waals surface area contributed by atoms with Gasteiger partial charge < -0.3 is 10.1 Å². The van der Waals surface area contributed by atoms with Crippen LogP contribution in [0.4, 0.5) is 14.5 Å². The second-order valence-electron chi connectivity index (χ2n) is 5.55. The second kappa shape index (κ2) is 6.22. The van der Waals surface area contributed by atoms with E-state index in [9.17, 15) is 8.78 Å². The lowest BCUT2D eigenvalue weighted by Gasteiger charge is -2.34. The normalized spacial score (nSPS) is 27.3. The van der Waals surface area contributed by atoms with Crippen molar-refractivity contribution in [2.75, 3.05) is 5.32 Å². The fourth-order valence-corrected chi connectivity index (χ4v) is 2.68. The lowest BCUT2D eigenvalue weighted by atomic mass is 9.80. The van der Waals surface area contributed by atoms with Gasteiger partial charge in [0.1, 0.15) is 5.75 Å². The van der Waals surface area contributed by atoms with Gasteiger partial charge in [-0.2, -0.15) is 8.78 Å². The zero-order valence-corrected chi connectivity index (χ0v) is 11.4. The predicted molar refractivity (Wildman–Crippen MR) is 72.7 cm³/mol. The first kappa shape index (κ1) is 14.1. The number of benzene rings is 1. The molecule has 0 bridgehead atoms. The Labute approximate surface area is 113 Å². The molecule has 0 spiro atoms. The van der Waals surface area contributed by atoms with Crippen LogP contribution >= 0.6 is 0 Å². The van der Waals surface area contributed by atoms with Crippen molar-refractivity contribution in [3.63, 3.8) is 0 Å². The van der Waals surface area contributed by atoms with Crippen LogP contribution in [0.3, 0.4) is 0 Å². The van der Waals surface area contributed by atoms with Crippen LogP contribution in [-0.2, 0) is 0 Å². The quantitative estimate of drug-likeness (QED) is 0.867. The van der Waals surface area contributed by atoms with E-state index in [1.54, 1.807) is 24.3 Å². The van der Waals surface area contributed by atoms with Crippen molar-refractivity contribution >= 4 is 5.69 Å². The van der Waals surface area contributed by atoms with Gasteiger partial charge in [-0.25, -0.2) is 0 Å². The molecular weight excluding hydrogens is 248 g/mol. The Morgan fingerprint density at radius 1 is 1.16 bits per heavy atom. The Morgan fingerprint density at radius 2 is 1.84 bits per heavy atom. The number of rotatable bonds is 4. The van der Waals surface area contributed by atoms with E-state index < -0.39 is 6.61 Å². The number of hydrogen-bond acceptors (Lipinski definition) is 2. The van der Waals surface area contributed by atoms with Crippen molar-refractivity contribution in [1.82, 2.24) is 0 Å². The third-order valence-corrected chi connectivity index (χ3v) is 3.89. The Balaban J connectivity index is 1.95. The van der Waals surface area contributed by atoms with Gasteiger partial charge in [-0.3, -0.25) is 0 Å². The van der Waals surface area contributed by atoms with Gasteiger partial charge >= 0.3 is 6.61 Å². The van der Waals surface area contributed by atoms with Crippen LogP contribution in [0.2, 0.25) is 0 Å². The summed E-state index contributed by atoms with van der Waals surface area (Å²) < 4.78 is 28.4. The standard InChI is InChI=1S/C15H21F2NO/c1-10-3-4-11(2)14(9-10)18-12-5-7-13(8-6-12)19-15(16)17/h5-8,10-11,14-15,18H,3-4,9H2,1-2H3. The van der Waals surface area contributed by atoms with Gasteiger partial charge in [-0.15, -0.1) is 0 Å². The molecule has 19 heavy (non-hydrogen) atoms. The van der Waals surface area contributed by atoms with Crippen molar-refractivity contribution in [2.45, 2.75) is 45.8 Å².